The Morgan fingerprint density at radius 2 is 2.05 bits per heavy atom. The van der Waals surface area contributed by atoms with Crippen LogP contribution in [0, 0.1) is 5.92 Å². The average molecular weight is 278 g/mol. The molecule has 114 valence electrons. The van der Waals surface area contributed by atoms with Crippen LogP contribution in [0.15, 0.2) is 12.3 Å². The summed E-state index contributed by atoms with van der Waals surface area (Å²) in [5.41, 5.74) is 1.17. The van der Waals surface area contributed by atoms with Gasteiger partial charge >= 0.3 is 0 Å². The first-order valence-corrected chi connectivity index (χ1v) is 7.98. The topological polar surface area (TPSA) is 33.1 Å². The van der Waals surface area contributed by atoms with E-state index in [1.807, 2.05) is 0 Å². The molecule has 1 heterocycles. The summed E-state index contributed by atoms with van der Waals surface area (Å²) in [6, 6.07) is 3.33. The molecule has 0 bridgehead atoms. The summed E-state index contributed by atoms with van der Waals surface area (Å²) in [6.07, 6.45) is 7.46. The summed E-state index contributed by atoms with van der Waals surface area (Å²) in [5, 5.41) is 8.40. The summed E-state index contributed by atoms with van der Waals surface area (Å²) in [6.45, 7) is 6.49. The Bertz CT molecular complexity index is 391. The van der Waals surface area contributed by atoms with Gasteiger partial charge < -0.3 is 10.2 Å². The highest BCUT2D eigenvalue weighted by molar-refractivity contribution is 5.00. The van der Waals surface area contributed by atoms with E-state index in [1.54, 1.807) is 0 Å². The first kappa shape index (κ1) is 15.5. The van der Waals surface area contributed by atoms with Crippen LogP contribution in [0.3, 0.4) is 0 Å². The second-order valence-corrected chi connectivity index (χ2v) is 6.72. The van der Waals surface area contributed by atoms with E-state index < -0.39 is 0 Å². The molecule has 4 heteroatoms. The van der Waals surface area contributed by atoms with Gasteiger partial charge in [-0.25, -0.2) is 0 Å². The van der Waals surface area contributed by atoms with Crippen LogP contribution in [0.5, 0.6) is 0 Å². The van der Waals surface area contributed by atoms with Crippen LogP contribution in [-0.4, -0.2) is 41.4 Å². The standard InChI is InChI=1S/C16H30N4/c1-13(2)16(12-19(3)4)17-11-14-9-10-20(18-14)15-7-5-6-8-15/h9-10,13,15-17H,5-8,11-12H2,1-4H3. The van der Waals surface area contributed by atoms with Gasteiger partial charge in [-0.15, -0.1) is 0 Å². The Morgan fingerprint density at radius 3 is 2.65 bits per heavy atom. The molecule has 1 aromatic heterocycles. The first-order chi connectivity index (χ1) is 9.56. The molecule has 0 aromatic carbocycles. The highest BCUT2D eigenvalue weighted by Gasteiger charge is 2.18. The van der Waals surface area contributed by atoms with Crippen molar-refractivity contribution in [1.82, 2.24) is 20.0 Å². The van der Waals surface area contributed by atoms with Gasteiger partial charge in [-0.05, 0) is 38.9 Å². The fraction of sp³-hybridized carbons (Fsp3) is 0.812. The molecule has 1 N–H and O–H groups in total. The fourth-order valence-electron chi connectivity index (χ4n) is 2.98. The first-order valence-electron chi connectivity index (χ1n) is 7.98. The minimum Gasteiger partial charge on any atom is -0.308 e. The number of nitrogens with one attached hydrogen (secondary N) is 1. The van der Waals surface area contributed by atoms with Crippen molar-refractivity contribution < 1.29 is 0 Å². The van der Waals surface area contributed by atoms with Gasteiger partial charge in [0, 0.05) is 25.3 Å². The zero-order valence-corrected chi connectivity index (χ0v) is 13.5. The largest absolute Gasteiger partial charge is 0.308 e. The van der Waals surface area contributed by atoms with Crippen molar-refractivity contribution in [2.24, 2.45) is 5.92 Å². The highest BCUT2D eigenvalue weighted by atomic mass is 15.3. The Balaban J connectivity index is 1.86. The van der Waals surface area contributed by atoms with Crippen LogP contribution in [0.25, 0.3) is 0 Å². The highest BCUT2D eigenvalue weighted by Crippen LogP contribution is 2.28. The zero-order valence-electron chi connectivity index (χ0n) is 13.5. The number of nitrogens with zero attached hydrogens (tertiary/aromatic N) is 3. The van der Waals surface area contributed by atoms with Crippen LogP contribution in [0.2, 0.25) is 0 Å². The Labute approximate surface area is 123 Å². The third-order valence-corrected chi connectivity index (χ3v) is 4.27. The SMILES string of the molecule is CC(C)C(CN(C)C)NCc1ccn(C2CCCC2)n1. The molecule has 0 saturated heterocycles. The second kappa shape index (κ2) is 7.23. The van der Waals surface area contributed by atoms with Gasteiger partial charge in [-0.2, -0.15) is 5.10 Å². The molecule has 1 aromatic rings. The van der Waals surface area contributed by atoms with Gasteiger partial charge in [0.2, 0.25) is 0 Å². The summed E-state index contributed by atoms with van der Waals surface area (Å²) in [7, 11) is 4.26. The van der Waals surface area contributed by atoms with Crippen molar-refractivity contribution in [1.29, 1.82) is 0 Å². The molecule has 0 aliphatic heterocycles. The summed E-state index contributed by atoms with van der Waals surface area (Å²) >= 11 is 0. The van der Waals surface area contributed by atoms with Crippen molar-refractivity contribution in [2.75, 3.05) is 20.6 Å². The van der Waals surface area contributed by atoms with Crippen molar-refractivity contribution in [3.8, 4) is 0 Å². The smallest absolute Gasteiger partial charge is 0.0762 e. The number of hydrogen-bond acceptors (Lipinski definition) is 3. The molecule has 1 saturated carbocycles. The number of rotatable bonds is 7. The molecule has 0 radical (unpaired) electrons. The number of likely N-dealkylation sites (N-methyl/N-ethyl adjacent to an activating group) is 1. The van der Waals surface area contributed by atoms with Gasteiger partial charge in [-0.1, -0.05) is 26.7 Å². The third-order valence-electron chi connectivity index (χ3n) is 4.27. The van der Waals surface area contributed by atoms with Crippen molar-refractivity contribution in [2.45, 2.75) is 58.2 Å². The number of hydrogen-bond donors (Lipinski definition) is 1. The van der Waals surface area contributed by atoms with E-state index in [1.165, 1.54) is 31.4 Å². The van der Waals surface area contributed by atoms with Crippen molar-refractivity contribution in [3.63, 3.8) is 0 Å². The molecular formula is C16H30N4. The van der Waals surface area contributed by atoms with E-state index >= 15 is 0 Å². The normalized spacial score (nSPS) is 18.3. The predicted octanol–water partition coefficient (Wildman–Crippen LogP) is 2.67. The fourth-order valence-corrected chi connectivity index (χ4v) is 2.98. The maximum atomic E-state index is 4.74. The molecular weight excluding hydrogens is 248 g/mol. The van der Waals surface area contributed by atoms with Gasteiger partial charge in [0.25, 0.3) is 0 Å². The van der Waals surface area contributed by atoms with E-state index in [9.17, 15) is 0 Å². The second-order valence-electron chi connectivity index (χ2n) is 6.72. The summed E-state index contributed by atoms with van der Waals surface area (Å²) in [4.78, 5) is 2.24. The third kappa shape index (κ3) is 4.32. The predicted molar refractivity (Wildman–Crippen MR) is 83.8 cm³/mol. The number of aromatic nitrogens is 2. The average Bonchev–Trinajstić information content (AvgIpc) is 3.03. The van der Waals surface area contributed by atoms with Crippen LogP contribution in [-0.2, 0) is 6.54 Å². The monoisotopic (exact) mass is 278 g/mol. The quantitative estimate of drug-likeness (QED) is 0.832. The van der Waals surface area contributed by atoms with Crippen molar-refractivity contribution >= 4 is 0 Å². The van der Waals surface area contributed by atoms with E-state index in [-0.39, 0.29) is 0 Å². The van der Waals surface area contributed by atoms with E-state index in [2.05, 4.69) is 55.1 Å². The maximum absolute atomic E-state index is 4.74. The lowest BCUT2D eigenvalue weighted by atomic mass is 10.0. The van der Waals surface area contributed by atoms with Crippen LogP contribution in [0.4, 0.5) is 0 Å². The molecule has 1 atom stereocenters. The van der Waals surface area contributed by atoms with Gasteiger partial charge in [0.05, 0.1) is 11.7 Å². The van der Waals surface area contributed by atoms with E-state index in [0.717, 1.165) is 13.1 Å². The molecule has 1 unspecified atom stereocenters. The molecule has 2 rings (SSSR count). The van der Waals surface area contributed by atoms with Crippen molar-refractivity contribution in [3.05, 3.63) is 18.0 Å². The minimum absolute atomic E-state index is 0.515. The van der Waals surface area contributed by atoms with Crippen LogP contribution >= 0.6 is 0 Å². The molecule has 1 aliphatic rings. The Hall–Kier alpha value is -0.870. The molecule has 1 fully saturated rings. The molecule has 1 aliphatic carbocycles. The van der Waals surface area contributed by atoms with Gasteiger partial charge in [0.1, 0.15) is 0 Å². The van der Waals surface area contributed by atoms with Crippen LogP contribution in [0.1, 0.15) is 51.3 Å². The Kier molecular flexibility index (Phi) is 5.61. The molecule has 0 spiro atoms. The lowest BCUT2D eigenvalue weighted by molar-refractivity contribution is 0.287. The lowest BCUT2D eigenvalue weighted by Crippen LogP contribution is -2.41. The molecule has 20 heavy (non-hydrogen) atoms. The summed E-state index contributed by atoms with van der Waals surface area (Å²) < 4.78 is 2.18. The molecule has 4 nitrogen and oxygen atoms in total. The van der Waals surface area contributed by atoms with E-state index in [4.69, 9.17) is 5.10 Å². The van der Waals surface area contributed by atoms with Gasteiger partial charge in [-0.3, -0.25) is 4.68 Å². The summed E-state index contributed by atoms with van der Waals surface area (Å²) in [5.74, 6) is 0.634. The Morgan fingerprint density at radius 1 is 1.35 bits per heavy atom. The van der Waals surface area contributed by atoms with E-state index in [0.29, 0.717) is 18.0 Å². The lowest BCUT2D eigenvalue weighted by Gasteiger charge is -2.25. The van der Waals surface area contributed by atoms with Gasteiger partial charge in [0.15, 0.2) is 0 Å². The minimum atomic E-state index is 0.515. The molecule has 0 amide bonds. The maximum Gasteiger partial charge on any atom is 0.0762 e. The van der Waals surface area contributed by atoms with Crippen LogP contribution < -0.4 is 5.32 Å². The zero-order chi connectivity index (χ0) is 14.5.